The second-order valence-corrected chi connectivity index (χ2v) is 8.42. The summed E-state index contributed by atoms with van der Waals surface area (Å²) in [5.74, 6) is -1.14. The van der Waals surface area contributed by atoms with Crippen LogP contribution in [-0.4, -0.2) is 38.1 Å². The van der Waals surface area contributed by atoms with Crippen molar-refractivity contribution in [1.29, 1.82) is 0 Å². The number of carbonyl (C=O) groups is 1. The van der Waals surface area contributed by atoms with Crippen LogP contribution in [0.3, 0.4) is 0 Å². The van der Waals surface area contributed by atoms with E-state index in [4.69, 9.17) is 0 Å². The van der Waals surface area contributed by atoms with Crippen molar-refractivity contribution in [2.45, 2.75) is 39.3 Å². The van der Waals surface area contributed by atoms with Crippen molar-refractivity contribution in [3.63, 3.8) is 0 Å². The molecule has 0 bridgehead atoms. The molecule has 0 spiro atoms. The number of carbonyl (C=O) groups excluding carboxylic acids is 1. The molecule has 0 fully saturated rings. The number of halogens is 1. The number of hydrogen-bond acceptors (Lipinski definition) is 5. The van der Waals surface area contributed by atoms with Crippen molar-refractivity contribution in [1.82, 2.24) is 14.5 Å². The summed E-state index contributed by atoms with van der Waals surface area (Å²) in [5.41, 5.74) is 0.661. The molecule has 8 heteroatoms. The summed E-state index contributed by atoms with van der Waals surface area (Å²) in [6.45, 7) is 4.93. The Hall–Kier alpha value is -3.00. The van der Waals surface area contributed by atoms with E-state index in [1.165, 1.54) is 23.5 Å². The van der Waals surface area contributed by atoms with E-state index < -0.39 is 11.2 Å². The molecule has 0 saturated heterocycles. The van der Waals surface area contributed by atoms with Gasteiger partial charge in [-0.25, -0.2) is 9.37 Å². The highest BCUT2D eigenvalue weighted by Gasteiger charge is 2.34. The quantitative estimate of drug-likeness (QED) is 0.674. The van der Waals surface area contributed by atoms with Crippen molar-refractivity contribution in [2.75, 3.05) is 6.54 Å². The van der Waals surface area contributed by atoms with Crippen LogP contribution in [0.15, 0.2) is 41.5 Å². The maximum absolute atomic E-state index is 13.1. The smallest absolute Gasteiger partial charge is 0.274 e. The second kappa shape index (κ2) is 8.02. The average molecular weight is 428 g/mol. The van der Waals surface area contributed by atoms with Gasteiger partial charge in [0.25, 0.3) is 5.91 Å². The molecule has 0 radical (unpaired) electrons. The largest absolute Gasteiger partial charge is 0.503 e. The van der Waals surface area contributed by atoms with E-state index >= 15 is 0 Å². The zero-order chi connectivity index (χ0) is 21.4. The minimum Gasteiger partial charge on any atom is -0.503 e. The lowest BCUT2D eigenvalue weighted by Crippen LogP contribution is -2.48. The molecule has 3 heterocycles. The van der Waals surface area contributed by atoms with Gasteiger partial charge in [-0.05, 0) is 31.0 Å². The van der Waals surface area contributed by atoms with Gasteiger partial charge in [0.05, 0.1) is 5.56 Å². The van der Waals surface area contributed by atoms with Crippen LogP contribution < -0.4 is 5.43 Å². The van der Waals surface area contributed by atoms with Crippen molar-refractivity contribution in [3.8, 4) is 16.3 Å². The molecule has 6 nitrogen and oxygen atoms in total. The molecule has 3 aromatic rings. The van der Waals surface area contributed by atoms with Gasteiger partial charge in [-0.2, -0.15) is 0 Å². The van der Waals surface area contributed by atoms with Crippen molar-refractivity contribution in [3.05, 3.63) is 68.8 Å². The van der Waals surface area contributed by atoms with Crippen LogP contribution in [0, 0.1) is 5.82 Å². The van der Waals surface area contributed by atoms with E-state index in [0.717, 1.165) is 16.9 Å². The van der Waals surface area contributed by atoms with Crippen LogP contribution in [0.5, 0.6) is 5.75 Å². The van der Waals surface area contributed by atoms with E-state index in [-0.39, 0.29) is 29.0 Å². The summed E-state index contributed by atoms with van der Waals surface area (Å²) < 4.78 is 14.8. The van der Waals surface area contributed by atoms with Gasteiger partial charge in [0, 0.05) is 42.8 Å². The molecule has 4 rings (SSSR count). The molecule has 30 heavy (non-hydrogen) atoms. The third-order valence-corrected chi connectivity index (χ3v) is 6.49. The molecule has 0 saturated carbocycles. The van der Waals surface area contributed by atoms with Crippen molar-refractivity contribution in [2.24, 2.45) is 0 Å². The SMILES string of the molecule is CC[C@@H]1Cn2cc(-c3ncc(Cc4ccc(F)cc4)s3)c(=O)c(O)c2C(=O)N1CC. The maximum Gasteiger partial charge on any atom is 0.274 e. The summed E-state index contributed by atoms with van der Waals surface area (Å²) in [4.78, 5) is 32.6. The first-order valence-corrected chi connectivity index (χ1v) is 10.7. The number of hydrogen-bond donors (Lipinski definition) is 1. The molecule has 1 atom stereocenters. The number of likely N-dealkylation sites (N-methyl/N-ethyl adjacent to an activating group) is 1. The predicted octanol–water partition coefficient (Wildman–Crippen LogP) is 3.66. The Morgan fingerprint density at radius 2 is 1.97 bits per heavy atom. The number of nitrogens with zero attached hydrogens (tertiary/aromatic N) is 3. The van der Waals surface area contributed by atoms with Gasteiger partial charge in [0.1, 0.15) is 10.8 Å². The Kier molecular flexibility index (Phi) is 5.42. The number of aromatic nitrogens is 2. The monoisotopic (exact) mass is 427 g/mol. The molecule has 1 aromatic carbocycles. The molecule has 1 aliphatic heterocycles. The first kappa shape index (κ1) is 20.3. The number of rotatable bonds is 5. The lowest BCUT2D eigenvalue weighted by molar-refractivity contribution is 0.0593. The van der Waals surface area contributed by atoms with Crippen LogP contribution in [0.2, 0.25) is 0 Å². The number of thiazole rings is 1. The first-order valence-electron chi connectivity index (χ1n) is 9.89. The Morgan fingerprint density at radius 3 is 2.63 bits per heavy atom. The van der Waals surface area contributed by atoms with Crippen molar-refractivity contribution >= 4 is 17.2 Å². The van der Waals surface area contributed by atoms with E-state index in [9.17, 15) is 19.1 Å². The zero-order valence-corrected chi connectivity index (χ0v) is 17.6. The first-order chi connectivity index (χ1) is 14.4. The molecular weight excluding hydrogens is 405 g/mol. The minimum absolute atomic E-state index is 0.00934. The molecule has 0 unspecified atom stereocenters. The number of pyridine rings is 1. The highest BCUT2D eigenvalue weighted by molar-refractivity contribution is 7.15. The van der Waals surface area contributed by atoms with Crippen LogP contribution in [0.4, 0.5) is 4.39 Å². The van der Waals surface area contributed by atoms with Gasteiger partial charge in [0.2, 0.25) is 5.43 Å². The van der Waals surface area contributed by atoms with Gasteiger partial charge in [-0.3, -0.25) is 9.59 Å². The van der Waals surface area contributed by atoms with Crippen LogP contribution in [-0.2, 0) is 13.0 Å². The van der Waals surface area contributed by atoms with E-state index in [1.54, 1.807) is 34.0 Å². The van der Waals surface area contributed by atoms with E-state index in [1.807, 2.05) is 13.8 Å². The summed E-state index contributed by atoms with van der Waals surface area (Å²) >= 11 is 1.35. The third-order valence-electron chi connectivity index (χ3n) is 5.46. The average Bonchev–Trinajstić information content (AvgIpc) is 3.20. The van der Waals surface area contributed by atoms with E-state index in [0.29, 0.717) is 24.5 Å². The fraction of sp³-hybridized carbons (Fsp3) is 0.318. The molecule has 1 N–H and O–H groups in total. The fourth-order valence-corrected chi connectivity index (χ4v) is 4.82. The Labute approximate surface area is 177 Å². The van der Waals surface area contributed by atoms with Crippen molar-refractivity contribution < 1.29 is 14.3 Å². The molecule has 1 amide bonds. The topological polar surface area (TPSA) is 75.4 Å². The van der Waals surface area contributed by atoms with Crippen LogP contribution >= 0.6 is 11.3 Å². The molecular formula is C22H22FN3O3S. The van der Waals surface area contributed by atoms with Gasteiger partial charge < -0.3 is 14.6 Å². The van der Waals surface area contributed by atoms with Crippen LogP contribution in [0.1, 0.15) is 41.2 Å². The number of aromatic hydroxyl groups is 1. The zero-order valence-electron chi connectivity index (χ0n) is 16.8. The standard InChI is InChI=1S/C22H22FN3O3S/c1-3-15-11-25-12-17(19(27)20(28)18(25)22(29)26(15)4-2)21-24-10-16(30-21)9-13-5-7-14(23)8-6-13/h5-8,10,12,15,28H,3-4,9,11H2,1-2H3/t15-/m1/s1. The normalized spacial score (nSPS) is 16.0. The predicted molar refractivity (Wildman–Crippen MR) is 113 cm³/mol. The summed E-state index contributed by atoms with van der Waals surface area (Å²) in [5, 5.41) is 11.0. The highest BCUT2D eigenvalue weighted by atomic mass is 32.1. The minimum atomic E-state index is -0.594. The van der Waals surface area contributed by atoms with Gasteiger partial charge >= 0.3 is 0 Å². The Bertz CT molecular complexity index is 1150. The Balaban J connectivity index is 1.70. The number of amides is 1. The Morgan fingerprint density at radius 1 is 1.23 bits per heavy atom. The molecule has 0 aliphatic carbocycles. The van der Waals surface area contributed by atoms with Crippen LogP contribution in [0.25, 0.3) is 10.6 Å². The van der Waals surface area contributed by atoms with E-state index in [2.05, 4.69) is 4.98 Å². The number of fused-ring (bicyclic) bond motifs is 1. The fourth-order valence-electron chi connectivity index (χ4n) is 3.87. The molecule has 156 valence electrons. The molecule has 2 aromatic heterocycles. The lowest BCUT2D eigenvalue weighted by Gasteiger charge is -2.36. The highest BCUT2D eigenvalue weighted by Crippen LogP contribution is 2.30. The summed E-state index contributed by atoms with van der Waals surface area (Å²) in [6, 6.07) is 6.25. The molecule has 1 aliphatic rings. The summed E-state index contributed by atoms with van der Waals surface area (Å²) in [6.07, 6.45) is 4.66. The lowest BCUT2D eigenvalue weighted by atomic mass is 10.1. The van der Waals surface area contributed by atoms with Gasteiger partial charge in [-0.15, -0.1) is 11.3 Å². The second-order valence-electron chi connectivity index (χ2n) is 7.31. The summed E-state index contributed by atoms with van der Waals surface area (Å²) in [7, 11) is 0. The van der Waals surface area contributed by atoms with Gasteiger partial charge in [-0.1, -0.05) is 19.1 Å². The third kappa shape index (κ3) is 3.52. The maximum atomic E-state index is 13.1. The number of benzene rings is 1. The van der Waals surface area contributed by atoms with Gasteiger partial charge in [0.15, 0.2) is 11.4 Å².